The quantitative estimate of drug-likeness (QED) is 0.856. The van der Waals surface area contributed by atoms with Crippen molar-refractivity contribution in [3.63, 3.8) is 0 Å². The molecule has 0 bridgehead atoms. The van der Waals surface area contributed by atoms with Crippen molar-refractivity contribution in [2.24, 2.45) is 0 Å². The zero-order valence-corrected chi connectivity index (χ0v) is 14.2. The Labute approximate surface area is 141 Å². The normalized spacial score (nSPS) is 25.6. The largest absolute Gasteiger partial charge is 0.377 e. The average Bonchev–Trinajstić information content (AvgIpc) is 3.12. The van der Waals surface area contributed by atoms with Gasteiger partial charge in [0.25, 0.3) is 0 Å². The van der Waals surface area contributed by atoms with Crippen LogP contribution in [0.15, 0.2) is 12.4 Å². The van der Waals surface area contributed by atoms with Crippen molar-refractivity contribution in [3.05, 3.63) is 18.0 Å². The molecule has 24 heavy (non-hydrogen) atoms. The highest BCUT2D eigenvalue weighted by Gasteiger charge is 2.32. The molecule has 3 heterocycles. The van der Waals surface area contributed by atoms with Crippen LogP contribution >= 0.6 is 0 Å². The molecule has 0 saturated carbocycles. The van der Waals surface area contributed by atoms with Crippen molar-refractivity contribution in [2.75, 3.05) is 33.0 Å². The Morgan fingerprint density at radius 3 is 2.67 bits per heavy atom. The lowest BCUT2D eigenvalue weighted by molar-refractivity contribution is 0.0991. The summed E-state index contributed by atoms with van der Waals surface area (Å²) >= 11 is 0. The van der Waals surface area contributed by atoms with Crippen LogP contribution in [0.5, 0.6) is 0 Å². The number of carbonyl (C=O) groups is 1. The third kappa shape index (κ3) is 4.25. The number of aromatic nitrogens is 2. The molecular weight excluding hydrogens is 312 g/mol. The summed E-state index contributed by atoms with van der Waals surface area (Å²) in [4.78, 5) is 12.3. The van der Waals surface area contributed by atoms with E-state index in [4.69, 9.17) is 14.2 Å². The first-order valence-electron chi connectivity index (χ1n) is 8.51. The van der Waals surface area contributed by atoms with Crippen molar-refractivity contribution in [3.8, 4) is 0 Å². The molecule has 134 valence electrons. The van der Waals surface area contributed by atoms with Gasteiger partial charge in [0.15, 0.2) is 0 Å². The Hall–Kier alpha value is -1.64. The Balaban J connectivity index is 1.55. The minimum Gasteiger partial charge on any atom is -0.377 e. The topological polar surface area (TPSA) is 86.6 Å². The molecule has 1 aromatic rings. The summed E-state index contributed by atoms with van der Waals surface area (Å²) in [7, 11) is 0. The van der Waals surface area contributed by atoms with Gasteiger partial charge in [0.05, 0.1) is 44.7 Å². The maximum absolute atomic E-state index is 12.3. The van der Waals surface area contributed by atoms with Crippen LogP contribution in [0.3, 0.4) is 0 Å². The molecule has 0 unspecified atom stereocenters. The van der Waals surface area contributed by atoms with Gasteiger partial charge in [-0.05, 0) is 20.3 Å². The summed E-state index contributed by atoms with van der Waals surface area (Å²) < 4.78 is 18.5. The fourth-order valence-electron chi connectivity index (χ4n) is 2.94. The number of nitrogens with zero attached hydrogens (tertiary/aromatic N) is 2. The molecule has 8 nitrogen and oxygen atoms in total. The molecule has 0 radical (unpaired) electrons. The minimum atomic E-state index is -0.217. The predicted molar refractivity (Wildman–Crippen MR) is 86.8 cm³/mol. The minimum absolute atomic E-state index is 0.0672. The molecule has 2 N–H and O–H groups in total. The fourth-order valence-corrected chi connectivity index (χ4v) is 2.94. The monoisotopic (exact) mass is 338 g/mol. The number of rotatable bonds is 4. The zero-order valence-electron chi connectivity index (χ0n) is 14.2. The SMILES string of the molecule is CC(C)n1cc([C@@H]2OCC[C@H]2NC(=O)NC2COCCOC2)cn1. The van der Waals surface area contributed by atoms with Crippen LogP contribution in [0.2, 0.25) is 0 Å². The Morgan fingerprint density at radius 2 is 2.00 bits per heavy atom. The van der Waals surface area contributed by atoms with Gasteiger partial charge in [0.1, 0.15) is 6.10 Å². The second-order valence-corrected chi connectivity index (χ2v) is 6.50. The second-order valence-electron chi connectivity index (χ2n) is 6.50. The number of hydrogen-bond donors (Lipinski definition) is 2. The summed E-state index contributed by atoms with van der Waals surface area (Å²) in [5, 5.41) is 10.3. The molecule has 2 aliphatic rings. The summed E-state index contributed by atoms with van der Waals surface area (Å²) in [6, 6.07) is -0.115. The van der Waals surface area contributed by atoms with E-state index in [2.05, 4.69) is 29.6 Å². The number of carbonyl (C=O) groups excluding carboxylic acids is 1. The van der Waals surface area contributed by atoms with Crippen molar-refractivity contribution >= 4 is 6.03 Å². The van der Waals surface area contributed by atoms with E-state index in [1.165, 1.54) is 0 Å². The molecule has 0 aliphatic carbocycles. The van der Waals surface area contributed by atoms with Gasteiger partial charge in [-0.3, -0.25) is 4.68 Å². The van der Waals surface area contributed by atoms with Gasteiger partial charge in [-0.1, -0.05) is 0 Å². The van der Waals surface area contributed by atoms with Gasteiger partial charge >= 0.3 is 6.03 Å². The highest BCUT2D eigenvalue weighted by atomic mass is 16.5. The first-order valence-corrected chi connectivity index (χ1v) is 8.51. The lowest BCUT2D eigenvalue weighted by Crippen LogP contribution is -2.49. The first kappa shape index (κ1) is 17.2. The van der Waals surface area contributed by atoms with E-state index in [1.54, 1.807) is 0 Å². The van der Waals surface area contributed by atoms with Gasteiger partial charge in [0.2, 0.25) is 0 Å². The van der Waals surface area contributed by atoms with Crippen LogP contribution in [0.4, 0.5) is 4.79 Å². The number of amides is 2. The standard InChI is InChI=1S/C16H26N4O4/c1-11(2)20-8-12(7-17-20)15-14(3-4-24-15)19-16(21)18-13-9-22-5-6-23-10-13/h7-8,11,13-15H,3-6,9-10H2,1-2H3,(H2,18,19,21)/t14-,15+/m1/s1. The number of nitrogens with one attached hydrogen (secondary N) is 2. The van der Waals surface area contributed by atoms with Gasteiger partial charge < -0.3 is 24.8 Å². The Morgan fingerprint density at radius 1 is 1.25 bits per heavy atom. The average molecular weight is 338 g/mol. The third-order valence-corrected chi connectivity index (χ3v) is 4.23. The van der Waals surface area contributed by atoms with E-state index in [0.717, 1.165) is 12.0 Å². The molecule has 2 fully saturated rings. The van der Waals surface area contributed by atoms with Crippen LogP contribution < -0.4 is 10.6 Å². The summed E-state index contributed by atoms with van der Waals surface area (Å²) in [5.74, 6) is 0. The molecule has 2 aliphatic heterocycles. The highest BCUT2D eigenvalue weighted by molar-refractivity contribution is 5.74. The lowest BCUT2D eigenvalue weighted by atomic mass is 10.1. The zero-order chi connectivity index (χ0) is 16.9. The molecule has 8 heteroatoms. The maximum atomic E-state index is 12.3. The van der Waals surface area contributed by atoms with Gasteiger partial charge in [0, 0.05) is 24.4 Å². The molecule has 2 atom stereocenters. The molecule has 2 saturated heterocycles. The van der Waals surface area contributed by atoms with E-state index in [1.807, 2.05) is 17.1 Å². The fraction of sp³-hybridized carbons (Fsp3) is 0.750. The molecule has 1 aromatic heterocycles. The van der Waals surface area contributed by atoms with Crippen molar-refractivity contribution < 1.29 is 19.0 Å². The van der Waals surface area contributed by atoms with Crippen LogP contribution in [0.25, 0.3) is 0 Å². The first-order chi connectivity index (χ1) is 11.6. The Kier molecular flexibility index (Phi) is 5.70. The molecule has 3 rings (SSSR count). The van der Waals surface area contributed by atoms with Crippen LogP contribution in [-0.2, 0) is 14.2 Å². The van der Waals surface area contributed by atoms with E-state index < -0.39 is 0 Å². The molecule has 0 spiro atoms. The van der Waals surface area contributed by atoms with Crippen LogP contribution in [0, 0.1) is 0 Å². The van der Waals surface area contributed by atoms with Crippen molar-refractivity contribution in [1.29, 1.82) is 0 Å². The highest BCUT2D eigenvalue weighted by Crippen LogP contribution is 2.29. The van der Waals surface area contributed by atoms with Crippen molar-refractivity contribution in [2.45, 2.75) is 44.5 Å². The molecular formula is C16H26N4O4. The summed E-state index contributed by atoms with van der Waals surface area (Å²) in [6.07, 6.45) is 4.42. The van der Waals surface area contributed by atoms with E-state index in [9.17, 15) is 4.79 Å². The summed E-state index contributed by atoms with van der Waals surface area (Å²) in [6.45, 7) is 6.85. The van der Waals surface area contributed by atoms with E-state index in [-0.39, 0.29) is 24.2 Å². The lowest BCUT2D eigenvalue weighted by Gasteiger charge is -2.21. The second kappa shape index (κ2) is 7.96. The Bertz CT molecular complexity index is 540. The number of hydrogen-bond acceptors (Lipinski definition) is 5. The van der Waals surface area contributed by atoms with Crippen LogP contribution in [0.1, 0.15) is 38.0 Å². The van der Waals surface area contributed by atoms with Gasteiger partial charge in [-0.25, -0.2) is 4.79 Å². The van der Waals surface area contributed by atoms with E-state index in [0.29, 0.717) is 39.1 Å². The van der Waals surface area contributed by atoms with Gasteiger partial charge in [-0.15, -0.1) is 0 Å². The number of urea groups is 1. The molecule has 2 amide bonds. The van der Waals surface area contributed by atoms with E-state index >= 15 is 0 Å². The maximum Gasteiger partial charge on any atom is 0.315 e. The third-order valence-electron chi connectivity index (χ3n) is 4.23. The van der Waals surface area contributed by atoms with Crippen LogP contribution in [-0.4, -0.2) is 60.9 Å². The van der Waals surface area contributed by atoms with Crippen molar-refractivity contribution in [1.82, 2.24) is 20.4 Å². The summed E-state index contributed by atoms with van der Waals surface area (Å²) in [5.41, 5.74) is 0.993. The van der Waals surface area contributed by atoms with Gasteiger partial charge in [-0.2, -0.15) is 5.10 Å². The molecule has 0 aromatic carbocycles. The predicted octanol–water partition coefficient (Wildman–Crippen LogP) is 1.01. The number of ether oxygens (including phenoxy) is 3. The smallest absolute Gasteiger partial charge is 0.315 e.